The number of benzene rings is 1. The second-order valence-electron chi connectivity index (χ2n) is 8.47. The highest BCUT2D eigenvalue weighted by Crippen LogP contribution is 2.42. The Hall–Kier alpha value is -2.47. The zero-order valence-electron chi connectivity index (χ0n) is 19.6. The third kappa shape index (κ3) is 5.21. The number of hydrogen-bond donors (Lipinski definition) is 2. The summed E-state index contributed by atoms with van der Waals surface area (Å²) in [6.45, 7) is -0.627. The van der Waals surface area contributed by atoms with E-state index < -0.39 is 60.3 Å². The van der Waals surface area contributed by atoms with Crippen LogP contribution in [0.15, 0.2) is 40.4 Å². The number of aromatic nitrogens is 6. The van der Waals surface area contributed by atoms with Crippen LogP contribution < -0.4 is 0 Å². The third-order valence-corrected chi connectivity index (χ3v) is 7.98. The van der Waals surface area contributed by atoms with Gasteiger partial charge in [-0.2, -0.15) is 18.3 Å². The molecule has 4 heterocycles. The lowest BCUT2D eigenvalue weighted by atomic mass is 9.90. The fourth-order valence-electron chi connectivity index (χ4n) is 4.46. The molecule has 39 heavy (non-hydrogen) atoms. The molecule has 0 saturated carbocycles. The number of thiazole rings is 1. The lowest BCUT2D eigenvalue weighted by Crippen LogP contribution is -2.53. The van der Waals surface area contributed by atoms with Crippen LogP contribution in [0.25, 0.3) is 16.4 Å². The van der Waals surface area contributed by atoms with E-state index in [1.54, 1.807) is 5.38 Å². The predicted octanol–water partition coefficient (Wildman–Crippen LogP) is 4.21. The van der Waals surface area contributed by atoms with Crippen LogP contribution in [0.2, 0.25) is 5.15 Å². The van der Waals surface area contributed by atoms with Crippen LogP contribution in [0.5, 0.6) is 0 Å². The maximum absolute atomic E-state index is 14.1. The maximum atomic E-state index is 14.1. The van der Waals surface area contributed by atoms with Crippen molar-refractivity contribution in [3.63, 3.8) is 0 Å². The Morgan fingerprint density at radius 3 is 2.72 bits per heavy atom. The van der Waals surface area contributed by atoms with Gasteiger partial charge in [0.05, 0.1) is 34.2 Å². The van der Waals surface area contributed by atoms with Crippen LogP contribution in [0.4, 0.5) is 17.6 Å². The summed E-state index contributed by atoms with van der Waals surface area (Å²) in [4.78, 5) is 4.15. The lowest BCUT2D eigenvalue weighted by molar-refractivity contribution is -0.216. The molecule has 0 amide bonds. The average molecular weight is 654 g/mol. The van der Waals surface area contributed by atoms with Crippen molar-refractivity contribution in [2.45, 2.75) is 36.6 Å². The summed E-state index contributed by atoms with van der Waals surface area (Å²) in [7, 11) is 1.33. The first-order valence-corrected chi connectivity index (χ1v) is 13.2. The summed E-state index contributed by atoms with van der Waals surface area (Å²) >= 11 is 10.1. The van der Waals surface area contributed by atoms with E-state index in [4.69, 9.17) is 21.1 Å². The summed E-state index contributed by atoms with van der Waals surface area (Å²) in [5, 5.41) is 35.6. The first-order chi connectivity index (χ1) is 18.5. The highest BCUT2D eigenvalue weighted by atomic mass is 79.9. The molecule has 1 aliphatic rings. The normalized spacial score (nSPS) is 23.9. The number of rotatable bonds is 6. The molecule has 0 spiro atoms. The molecular weight excluding hydrogens is 636 g/mol. The van der Waals surface area contributed by atoms with Gasteiger partial charge in [-0.1, -0.05) is 16.8 Å². The Labute approximate surface area is 234 Å². The standard InChI is InChI=1S/C22H18BrClF4N6O4S/c1-37-20-17(33-6-12(31-32-33)21-30-16(24)8-39-21)18(36)15(7-35)38-19(20)13-2-3-29-34(13)14-5-10(23)11(25)4-9(14)22(26,27)28/h2-6,8,15,17-20,35-36H,7H2,1H3/t15-,17+,18+,19+,20-/m1/s1. The van der Waals surface area contributed by atoms with Crippen molar-refractivity contribution < 1.29 is 37.2 Å². The number of ether oxygens (including phenoxy) is 2. The van der Waals surface area contributed by atoms with E-state index in [1.807, 2.05) is 0 Å². The van der Waals surface area contributed by atoms with Crippen LogP contribution >= 0.6 is 38.9 Å². The van der Waals surface area contributed by atoms with Gasteiger partial charge in [-0.05, 0) is 34.1 Å². The molecular formula is C22H18BrClF4N6O4S. The Morgan fingerprint density at radius 1 is 1.31 bits per heavy atom. The molecule has 10 nitrogen and oxygen atoms in total. The molecule has 0 bridgehead atoms. The van der Waals surface area contributed by atoms with Crippen LogP contribution in [0.3, 0.4) is 0 Å². The molecule has 2 N–H and O–H groups in total. The van der Waals surface area contributed by atoms with Gasteiger partial charge in [-0.25, -0.2) is 18.7 Å². The van der Waals surface area contributed by atoms with E-state index in [9.17, 15) is 27.8 Å². The molecule has 1 saturated heterocycles. The number of hydrogen-bond acceptors (Lipinski definition) is 9. The topological polar surface area (TPSA) is 120 Å². The molecule has 5 rings (SSSR count). The van der Waals surface area contributed by atoms with Crippen molar-refractivity contribution in [3.05, 3.63) is 62.7 Å². The number of halogens is 6. The van der Waals surface area contributed by atoms with Crippen LogP contribution in [0.1, 0.15) is 23.4 Å². The maximum Gasteiger partial charge on any atom is 0.418 e. The predicted molar refractivity (Wildman–Crippen MR) is 133 cm³/mol. The highest BCUT2D eigenvalue weighted by molar-refractivity contribution is 9.10. The molecule has 0 radical (unpaired) electrons. The van der Waals surface area contributed by atoms with Crippen molar-refractivity contribution >= 4 is 38.9 Å². The molecule has 4 aromatic rings. The van der Waals surface area contributed by atoms with Crippen molar-refractivity contribution in [2.75, 3.05) is 13.7 Å². The Bertz CT molecular complexity index is 1480. The third-order valence-electron chi connectivity index (χ3n) is 6.19. The summed E-state index contributed by atoms with van der Waals surface area (Å²) in [6.07, 6.45) is -6.90. The first-order valence-electron chi connectivity index (χ1n) is 11.1. The van der Waals surface area contributed by atoms with Gasteiger partial charge in [0.1, 0.15) is 52.1 Å². The van der Waals surface area contributed by atoms with Gasteiger partial charge in [-0.3, -0.25) is 0 Å². The molecule has 17 heteroatoms. The van der Waals surface area contributed by atoms with Gasteiger partial charge in [0.25, 0.3) is 0 Å². The minimum atomic E-state index is -4.91. The van der Waals surface area contributed by atoms with Gasteiger partial charge in [-0.15, -0.1) is 16.4 Å². The second-order valence-corrected chi connectivity index (χ2v) is 10.6. The van der Waals surface area contributed by atoms with Crippen molar-refractivity contribution in [1.82, 2.24) is 29.8 Å². The summed E-state index contributed by atoms with van der Waals surface area (Å²) in [5.74, 6) is -1.10. The van der Waals surface area contributed by atoms with E-state index in [0.717, 1.165) is 10.7 Å². The summed E-state index contributed by atoms with van der Waals surface area (Å²) in [6, 6.07) is 1.72. The molecule has 1 fully saturated rings. The van der Waals surface area contributed by atoms with E-state index in [2.05, 4.69) is 36.3 Å². The largest absolute Gasteiger partial charge is 0.418 e. The zero-order chi connectivity index (χ0) is 28.1. The van der Waals surface area contributed by atoms with E-state index in [1.165, 1.54) is 41.6 Å². The number of alkyl halides is 3. The molecule has 0 aliphatic carbocycles. The molecule has 0 unspecified atom stereocenters. The Morgan fingerprint density at radius 2 is 2.08 bits per heavy atom. The fraction of sp³-hybridized carbons (Fsp3) is 0.364. The van der Waals surface area contributed by atoms with Gasteiger partial charge in [0.15, 0.2) is 0 Å². The molecule has 3 aromatic heterocycles. The lowest BCUT2D eigenvalue weighted by Gasteiger charge is -2.43. The molecule has 208 valence electrons. The SMILES string of the molecule is CO[C@@H]1[C@@H](n2cc(-c3nc(Cl)cs3)nn2)[C@@H](O)[C@@H](CO)O[C@H]1c1ccnn1-c1cc(Br)c(F)cc1C(F)(F)F. The average Bonchev–Trinajstić information content (AvgIpc) is 3.65. The number of aliphatic hydroxyl groups excluding tert-OH is 2. The van der Waals surface area contributed by atoms with Crippen molar-refractivity contribution in [2.24, 2.45) is 0 Å². The Balaban J connectivity index is 1.60. The van der Waals surface area contributed by atoms with Gasteiger partial charge in [0, 0.05) is 18.7 Å². The molecule has 1 aromatic carbocycles. The van der Waals surface area contributed by atoms with Crippen LogP contribution in [-0.2, 0) is 15.7 Å². The highest BCUT2D eigenvalue weighted by Gasteiger charge is 2.49. The summed E-state index contributed by atoms with van der Waals surface area (Å²) in [5.41, 5.74) is -1.29. The Kier molecular flexibility index (Phi) is 7.80. The smallest absolute Gasteiger partial charge is 0.394 e. The van der Waals surface area contributed by atoms with E-state index in [0.29, 0.717) is 16.8 Å². The zero-order valence-corrected chi connectivity index (χ0v) is 22.8. The number of methoxy groups -OCH3 is 1. The quantitative estimate of drug-likeness (QED) is 0.297. The van der Waals surface area contributed by atoms with Crippen LogP contribution in [-0.4, -0.2) is 72.0 Å². The first kappa shape index (κ1) is 28.1. The van der Waals surface area contributed by atoms with E-state index in [-0.39, 0.29) is 15.3 Å². The van der Waals surface area contributed by atoms with Crippen molar-refractivity contribution in [3.8, 4) is 16.4 Å². The van der Waals surface area contributed by atoms with Gasteiger partial charge in [0.2, 0.25) is 0 Å². The molecule has 5 atom stereocenters. The minimum absolute atomic E-state index is 0.0910. The fourth-order valence-corrected chi connectivity index (χ4v) is 5.69. The van der Waals surface area contributed by atoms with Crippen LogP contribution in [0, 0.1) is 5.82 Å². The van der Waals surface area contributed by atoms with Gasteiger partial charge >= 0.3 is 6.18 Å². The number of aliphatic hydroxyl groups is 2. The summed E-state index contributed by atoms with van der Waals surface area (Å²) < 4.78 is 69.5. The number of nitrogens with zero attached hydrogens (tertiary/aromatic N) is 6. The second kappa shape index (κ2) is 10.8. The van der Waals surface area contributed by atoms with Crippen molar-refractivity contribution in [1.29, 1.82) is 0 Å². The minimum Gasteiger partial charge on any atom is -0.394 e. The van der Waals surface area contributed by atoms with Gasteiger partial charge < -0.3 is 19.7 Å². The molecule has 1 aliphatic heterocycles. The van der Waals surface area contributed by atoms with E-state index >= 15 is 0 Å². The monoisotopic (exact) mass is 652 g/mol.